The van der Waals surface area contributed by atoms with Crippen LogP contribution in [-0.2, 0) is 17.7 Å². The Hall–Kier alpha value is -0.450. The van der Waals surface area contributed by atoms with E-state index < -0.39 is 0 Å². The summed E-state index contributed by atoms with van der Waals surface area (Å²) >= 11 is 1.81. The van der Waals surface area contributed by atoms with Crippen LogP contribution in [0.15, 0.2) is 6.20 Å². The number of nitrogens with zero attached hydrogens (tertiary/aromatic N) is 1. The summed E-state index contributed by atoms with van der Waals surface area (Å²) in [6, 6.07) is 0. The van der Waals surface area contributed by atoms with Crippen molar-refractivity contribution < 1.29 is 4.74 Å². The first kappa shape index (κ1) is 12.0. The second kappa shape index (κ2) is 5.25. The van der Waals surface area contributed by atoms with Gasteiger partial charge in [0.05, 0.1) is 11.6 Å². The van der Waals surface area contributed by atoms with E-state index in [1.807, 2.05) is 6.20 Å². The van der Waals surface area contributed by atoms with E-state index in [4.69, 9.17) is 4.74 Å². The highest BCUT2D eigenvalue weighted by Crippen LogP contribution is 2.20. The molecule has 90 valence electrons. The smallest absolute Gasteiger partial charge is 0.0925 e. The molecule has 2 heterocycles. The van der Waals surface area contributed by atoms with Gasteiger partial charge in [-0.05, 0) is 26.2 Å². The highest BCUT2D eigenvalue weighted by molar-refractivity contribution is 7.11. The van der Waals surface area contributed by atoms with Gasteiger partial charge >= 0.3 is 0 Å². The molecule has 0 saturated carbocycles. The summed E-state index contributed by atoms with van der Waals surface area (Å²) in [5, 5.41) is 4.82. The van der Waals surface area contributed by atoms with Crippen molar-refractivity contribution in [2.75, 3.05) is 13.2 Å². The molecular formula is C12H20N2OS. The highest BCUT2D eigenvalue weighted by Gasteiger charge is 2.26. The average Bonchev–Trinajstić information content (AvgIpc) is 2.75. The van der Waals surface area contributed by atoms with Crippen LogP contribution in [0.4, 0.5) is 0 Å². The van der Waals surface area contributed by atoms with Gasteiger partial charge in [-0.15, -0.1) is 11.3 Å². The van der Waals surface area contributed by atoms with Crippen molar-refractivity contribution in [2.45, 2.75) is 45.2 Å². The van der Waals surface area contributed by atoms with E-state index in [-0.39, 0.29) is 5.54 Å². The van der Waals surface area contributed by atoms with Crippen LogP contribution in [0.5, 0.6) is 0 Å². The largest absolute Gasteiger partial charge is 0.380 e. The summed E-state index contributed by atoms with van der Waals surface area (Å²) in [5.74, 6) is 0. The molecular weight excluding hydrogens is 220 g/mol. The first-order chi connectivity index (χ1) is 7.72. The predicted octanol–water partition coefficient (Wildman–Crippen LogP) is 2.36. The Kier molecular flexibility index (Phi) is 3.95. The van der Waals surface area contributed by atoms with Gasteiger partial charge in [0.25, 0.3) is 0 Å². The SMILES string of the molecule is CCc1ncc(CNC2(C)CCCOC2)s1. The number of hydrogen-bond donors (Lipinski definition) is 1. The second-order valence-electron chi connectivity index (χ2n) is 4.64. The van der Waals surface area contributed by atoms with E-state index in [0.717, 1.165) is 32.6 Å². The maximum Gasteiger partial charge on any atom is 0.0925 e. The second-order valence-corrected chi connectivity index (χ2v) is 5.84. The molecule has 4 heteroatoms. The zero-order valence-electron chi connectivity index (χ0n) is 10.1. The van der Waals surface area contributed by atoms with Crippen LogP contribution in [0.3, 0.4) is 0 Å². The van der Waals surface area contributed by atoms with Crippen molar-refractivity contribution in [1.29, 1.82) is 0 Å². The zero-order valence-corrected chi connectivity index (χ0v) is 10.9. The van der Waals surface area contributed by atoms with Crippen molar-refractivity contribution in [3.63, 3.8) is 0 Å². The number of aryl methyl sites for hydroxylation is 1. The van der Waals surface area contributed by atoms with E-state index in [2.05, 4.69) is 24.1 Å². The third-order valence-corrected chi connectivity index (χ3v) is 4.17. The molecule has 1 saturated heterocycles. The van der Waals surface area contributed by atoms with Crippen LogP contribution in [0.25, 0.3) is 0 Å². The van der Waals surface area contributed by atoms with Crippen LogP contribution >= 0.6 is 11.3 Å². The average molecular weight is 240 g/mol. The minimum absolute atomic E-state index is 0.147. The lowest BCUT2D eigenvalue weighted by atomic mass is 9.95. The summed E-state index contributed by atoms with van der Waals surface area (Å²) < 4.78 is 5.53. The topological polar surface area (TPSA) is 34.2 Å². The Morgan fingerprint density at radius 3 is 3.12 bits per heavy atom. The van der Waals surface area contributed by atoms with Gasteiger partial charge in [-0.25, -0.2) is 4.98 Å². The molecule has 16 heavy (non-hydrogen) atoms. The molecule has 0 amide bonds. The third kappa shape index (κ3) is 3.03. The van der Waals surface area contributed by atoms with Crippen molar-refractivity contribution in [3.8, 4) is 0 Å². The molecule has 0 aliphatic carbocycles. The molecule has 1 unspecified atom stereocenters. The van der Waals surface area contributed by atoms with E-state index in [9.17, 15) is 0 Å². The fourth-order valence-electron chi connectivity index (χ4n) is 1.97. The third-order valence-electron chi connectivity index (χ3n) is 3.03. The van der Waals surface area contributed by atoms with Crippen molar-refractivity contribution in [2.24, 2.45) is 0 Å². The number of rotatable bonds is 4. The van der Waals surface area contributed by atoms with Gasteiger partial charge in [-0.1, -0.05) is 6.92 Å². The number of thiazole rings is 1. The molecule has 0 aromatic carbocycles. The molecule has 2 rings (SSSR count). The first-order valence-corrected chi connectivity index (χ1v) is 6.80. The van der Waals surface area contributed by atoms with Gasteiger partial charge in [0.2, 0.25) is 0 Å². The van der Waals surface area contributed by atoms with E-state index in [0.29, 0.717) is 0 Å². The van der Waals surface area contributed by atoms with E-state index in [1.165, 1.54) is 16.3 Å². The van der Waals surface area contributed by atoms with Crippen molar-refractivity contribution in [3.05, 3.63) is 16.1 Å². The van der Waals surface area contributed by atoms with Crippen LogP contribution in [0.2, 0.25) is 0 Å². The van der Waals surface area contributed by atoms with Gasteiger partial charge < -0.3 is 10.1 Å². The molecule has 0 spiro atoms. The number of nitrogens with one attached hydrogen (secondary N) is 1. The standard InChI is InChI=1S/C12H20N2OS/c1-3-11-13-7-10(16-11)8-14-12(2)5-4-6-15-9-12/h7,14H,3-6,8-9H2,1-2H3. The summed E-state index contributed by atoms with van der Waals surface area (Å²) in [4.78, 5) is 5.69. The quantitative estimate of drug-likeness (QED) is 0.877. The maximum absolute atomic E-state index is 5.53. The number of aromatic nitrogens is 1. The lowest BCUT2D eigenvalue weighted by Crippen LogP contribution is -2.48. The molecule has 1 aliphatic heterocycles. The molecule has 1 aliphatic rings. The highest BCUT2D eigenvalue weighted by atomic mass is 32.1. The summed E-state index contributed by atoms with van der Waals surface area (Å²) in [5.41, 5.74) is 0.147. The Morgan fingerprint density at radius 2 is 2.50 bits per heavy atom. The fourth-order valence-corrected chi connectivity index (χ4v) is 2.77. The van der Waals surface area contributed by atoms with Crippen LogP contribution in [-0.4, -0.2) is 23.7 Å². The summed E-state index contributed by atoms with van der Waals surface area (Å²) in [6.45, 7) is 7.04. The Balaban J connectivity index is 1.86. The van der Waals surface area contributed by atoms with Crippen molar-refractivity contribution in [1.82, 2.24) is 10.3 Å². The van der Waals surface area contributed by atoms with Gasteiger partial charge in [-0.3, -0.25) is 0 Å². The number of ether oxygens (including phenoxy) is 1. The maximum atomic E-state index is 5.53. The predicted molar refractivity (Wildman–Crippen MR) is 66.8 cm³/mol. The molecule has 1 atom stereocenters. The molecule has 3 nitrogen and oxygen atoms in total. The normalized spacial score (nSPS) is 25.9. The lowest BCUT2D eigenvalue weighted by molar-refractivity contribution is 0.0279. The lowest BCUT2D eigenvalue weighted by Gasteiger charge is -2.34. The monoisotopic (exact) mass is 240 g/mol. The summed E-state index contributed by atoms with van der Waals surface area (Å²) in [7, 11) is 0. The zero-order chi connectivity index (χ0) is 11.4. The first-order valence-electron chi connectivity index (χ1n) is 5.98. The van der Waals surface area contributed by atoms with Gasteiger partial charge in [0.15, 0.2) is 0 Å². The van der Waals surface area contributed by atoms with Crippen molar-refractivity contribution >= 4 is 11.3 Å². The molecule has 1 fully saturated rings. The van der Waals surface area contributed by atoms with E-state index in [1.54, 1.807) is 11.3 Å². The summed E-state index contributed by atoms with van der Waals surface area (Å²) in [6.07, 6.45) is 5.38. The van der Waals surface area contributed by atoms with Crippen LogP contribution in [0, 0.1) is 0 Å². The Labute approximate surface area is 101 Å². The molecule has 1 aromatic heterocycles. The molecule has 1 N–H and O–H groups in total. The van der Waals surface area contributed by atoms with Gasteiger partial charge in [0, 0.05) is 29.8 Å². The molecule has 1 aromatic rings. The number of hydrogen-bond acceptors (Lipinski definition) is 4. The van der Waals surface area contributed by atoms with Gasteiger partial charge in [0.1, 0.15) is 0 Å². The van der Waals surface area contributed by atoms with Gasteiger partial charge in [-0.2, -0.15) is 0 Å². The minimum Gasteiger partial charge on any atom is -0.380 e. The Bertz CT molecular complexity index is 332. The fraction of sp³-hybridized carbons (Fsp3) is 0.750. The Morgan fingerprint density at radius 1 is 1.62 bits per heavy atom. The molecule has 0 bridgehead atoms. The van der Waals surface area contributed by atoms with Crippen LogP contribution in [0.1, 0.15) is 36.6 Å². The molecule has 0 radical (unpaired) electrons. The minimum atomic E-state index is 0.147. The van der Waals surface area contributed by atoms with Crippen LogP contribution < -0.4 is 5.32 Å². The van der Waals surface area contributed by atoms with E-state index >= 15 is 0 Å².